The van der Waals surface area contributed by atoms with Crippen LogP contribution >= 0.6 is 0 Å². The van der Waals surface area contributed by atoms with E-state index in [1.807, 2.05) is 0 Å². The first kappa shape index (κ1) is 13.2. The van der Waals surface area contributed by atoms with Crippen LogP contribution in [0.4, 0.5) is 0 Å². The number of allylic oxidation sites excluding steroid dienone is 1. The highest BCUT2D eigenvalue weighted by Crippen LogP contribution is 2.59. The average Bonchev–Trinajstić information content (AvgIpc) is 2.67. The third kappa shape index (κ3) is 2.33. The molecule has 0 radical (unpaired) electrons. The summed E-state index contributed by atoms with van der Waals surface area (Å²) >= 11 is 0. The largest absolute Gasteiger partial charge is 0.103 e. The molecule has 0 N–H and O–H groups in total. The Morgan fingerprint density at radius 2 is 1.94 bits per heavy atom. The molecule has 0 spiro atoms. The van der Waals surface area contributed by atoms with E-state index in [1.54, 1.807) is 0 Å². The van der Waals surface area contributed by atoms with Crippen LogP contribution in [-0.4, -0.2) is 0 Å². The van der Waals surface area contributed by atoms with Gasteiger partial charge in [-0.3, -0.25) is 0 Å². The van der Waals surface area contributed by atoms with Gasteiger partial charge in [-0.2, -0.15) is 0 Å². The highest BCUT2D eigenvalue weighted by molar-refractivity contribution is 5.01. The molecule has 2 saturated carbocycles. The van der Waals surface area contributed by atoms with E-state index in [0.29, 0.717) is 5.41 Å². The van der Waals surface area contributed by atoms with Gasteiger partial charge in [0.15, 0.2) is 0 Å². The predicted molar refractivity (Wildman–Crippen MR) is 76.1 cm³/mol. The fourth-order valence-corrected chi connectivity index (χ4v) is 4.79. The summed E-state index contributed by atoms with van der Waals surface area (Å²) in [5, 5.41) is 0. The van der Waals surface area contributed by atoms with Crippen LogP contribution < -0.4 is 0 Å². The molecule has 2 unspecified atom stereocenters. The van der Waals surface area contributed by atoms with Gasteiger partial charge in [-0.05, 0) is 55.3 Å². The molecule has 2 atom stereocenters. The molecule has 2 fully saturated rings. The van der Waals surface area contributed by atoms with Crippen molar-refractivity contribution < 1.29 is 0 Å². The topological polar surface area (TPSA) is 0 Å². The molecule has 2 aliphatic rings. The van der Waals surface area contributed by atoms with Gasteiger partial charge in [0.05, 0.1) is 0 Å². The zero-order chi connectivity index (χ0) is 12.4. The molecule has 0 saturated heterocycles. The first-order chi connectivity index (χ1) is 8.20. The van der Waals surface area contributed by atoms with Gasteiger partial charge in [-0.15, -0.1) is 6.58 Å². The van der Waals surface area contributed by atoms with Crippen molar-refractivity contribution in [2.75, 3.05) is 0 Å². The molecule has 0 aromatic carbocycles. The van der Waals surface area contributed by atoms with E-state index >= 15 is 0 Å². The van der Waals surface area contributed by atoms with Crippen molar-refractivity contribution in [1.82, 2.24) is 0 Å². The van der Waals surface area contributed by atoms with Gasteiger partial charge in [0.2, 0.25) is 0 Å². The van der Waals surface area contributed by atoms with Crippen LogP contribution in [0.1, 0.15) is 78.1 Å². The summed E-state index contributed by atoms with van der Waals surface area (Å²) in [6.45, 7) is 8.85. The van der Waals surface area contributed by atoms with E-state index in [0.717, 1.165) is 11.3 Å². The van der Waals surface area contributed by atoms with Gasteiger partial charge in [0, 0.05) is 0 Å². The maximum atomic E-state index is 4.04. The molecule has 0 heteroatoms. The lowest BCUT2D eigenvalue weighted by Crippen LogP contribution is -2.38. The summed E-state index contributed by atoms with van der Waals surface area (Å²) in [6, 6.07) is 0. The average molecular weight is 234 g/mol. The summed E-state index contributed by atoms with van der Waals surface area (Å²) in [5.41, 5.74) is 1.35. The van der Waals surface area contributed by atoms with E-state index in [2.05, 4.69) is 26.5 Å². The van der Waals surface area contributed by atoms with Crippen molar-refractivity contribution in [3.8, 4) is 0 Å². The normalized spacial score (nSPS) is 35.5. The van der Waals surface area contributed by atoms with Gasteiger partial charge in [-0.1, -0.05) is 45.6 Å². The monoisotopic (exact) mass is 234 g/mol. The maximum Gasteiger partial charge on any atom is -0.0230 e. The van der Waals surface area contributed by atoms with Crippen molar-refractivity contribution in [3.63, 3.8) is 0 Å². The fourth-order valence-electron chi connectivity index (χ4n) is 4.79. The second-order valence-corrected chi connectivity index (χ2v) is 6.74. The van der Waals surface area contributed by atoms with Gasteiger partial charge >= 0.3 is 0 Å². The first-order valence-corrected chi connectivity index (χ1v) is 7.81. The van der Waals surface area contributed by atoms with Crippen molar-refractivity contribution >= 4 is 0 Å². The second kappa shape index (κ2) is 5.16. The third-order valence-corrected chi connectivity index (χ3v) is 6.03. The Morgan fingerprint density at radius 3 is 2.41 bits per heavy atom. The van der Waals surface area contributed by atoms with Crippen molar-refractivity contribution in [3.05, 3.63) is 12.7 Å². The molecule has 98 valence electrons. The van der Waals surface area contributed by atoms with Crippen LogP contribution in [0.3, 0.4) is 0 Å². The minimum Gasteiger partial charge on any atom is -0.103 e. The van der Waals surface area contributed by atoms with Crippen molar-refractivity contribution in [2.45, 2.75) is 78.1 Å². The van der Waals surface area contributed by atoms with Gasteiger partial charge in [-0.25, -0.2) is 0 Å². The van der Waals surface area contributed by atoms with E-state index in [4.69, 9.17) is 0 Å². The Labute approximate surface area is 108 Å². The van der Waals surface area contributed by atoms with E-state index < -0.39 is 0 Å². The Kier molecular flexibility index (Phi) is 4.00. The van der Waals surface area contributed by atoms with Crippen molar-refractivity contribution in [1.29, 1.82) is 0 Å². The lowest BCUT2D eigenvalue weighted by molar-refractivity contribution is 0.0220. The molecule has 0 bridgehead atoms. The summed E-state index contributed by atoms with van der Waals surface area (Å²) in [5.74, 6) is 0.976. The molecule has 0 aromatic heterocycles. The van der Waals surface area contributed by atoms with Gasteiger partial charge in [0.25, 0.3) is 0 Å². The van der Waals surface area contributed by atoms with Crippen LogP contribution in [0.5, 0.6) is 0 Å². The summed E-state index contributed by atoms with van der Waals surface area (Å²) < 4.78 is 0. The molecule has 2 rings (SSSR count). The molecule has 0 aromatic rings. The highest BCUT2D eigenvalue weighted by atomic mass is 14.5. The number of rotatable bonds is 6. The van der Waals surface area contributed by atoms with E-state index in [-0.39, 0.29) is 0 Å². The quantitative estimate of drug-likeness (QED) is 0.515. The summed E-state index contributed by atoms with van der Waals surface area (Å²) in [6.07, 6.45) is 16.7. The molecular formula is C17H30. The zero-order valence-electron chi connectivity index (χ0n) is 11.9. The highest BCUT2D eigenvalue weighted by Gasteiger charge is 2.48. The molecule has 0 heterocycles. The fraction of sp³-hybridized carbons (Fsp3) is 0.882. The van der Waals surface area contributed by atoms with Gasteiger partial charge in [0.1, 0.15) is 0 Å². The molecule has 2 aliphatic carbocycles. The maximum absolute atomic E-state index is 4.04. The Bertz CT molecular complexity index is 256. The number of hydrogen-bond donors (Lipinski definition) is 0. The Balaban J connectivity index is 2.13. The first-order valence-electron chi connectivity index (χ1n) is 7.81. The lowest BCUT2D eigenvalue weighted by Gasteiger charge is -2.49. The summed E-state index contributed by atoms with van der Waals surface area (Å²) in [4.78, 5) is 0. The Hall–Kier alpha value is -0.260. The lowest BCUT2D eigenvalue weighted by atomic mass is 9.56. The van der Waals surface area contributed by atoms with Crippen LogP contribution in [0, 0.1) is 16.7 Å². The van der Waals surface area contributed by atoms with E-state index in [9.17, 15) is 0 Å². The molecular weight excluding hydrogens is 204 g/mol. The SMILES string of the molecule is C=CCC1(CC2(CC)CCC2)CCCC1CC. The molecule has 0 nitrogen and oxygen atoms in total. The molecule has 0 aliphatic heterocycles. The minimum atomic E-state index is 0.632. The predicted octanol–water partition coefficient (Wildman–Crippen LogP) is 5.73. The zero-order valence-corrected chi connectivity index (χ0v) is 11.9. The van der Waals surface area contributed by atoms with Crippen LogP contribution in [0.15, 0.2) is 12.7 Å². The van der Waals surface area contributed by atoms with Crippen LogP contribution in [-0.2, 0) is 0 Å². The van der Waals surface area contributed by atoms with Crippen LogP contribution in [0.25, 0.3) is 0 Å². The second-order valence-electron chi connectivity index (χ2n) is 6.74. The third-order valence-electron chi connectivity index (χ3n) is 6.03. The standard InChI is InChI=1S/C17H30/c1-4-10-17(13-7-9-15(17)5-2)14-16(6-3)11-8-12-16/h4,15H,1,5-14H2,2-3H3. The molecule has 0 amide bonds. The smallest absolute Gasteiger partial charge is 0.0230 e. The van der Waals surface area contributed by atoms with Gasteiger partial charge < -0.3 is 0 Å². The molecule has 17 heavy (non-hydrogen) atoms. The van der Waals surface area contributed by atoms with Crippen LogP contribution in [0.2, 0.25) is 0 Å². The van der Waals surface area contributed by atoms with E-state index in [1.165, 1.54) is 64.2 Å². The van der Waals surface area contributed by atoms with Crippen molar-refractivity contribution in [2.24, 2.45) is 16.7 Å². The minimum absolute atomic E-state index is 0.632. The number of hydrogen-bond acceptors (Lipinski definition) is 0. The Morgan fingerprint density at radius 1 is 1.18 bits per heavy atom. The summed E-state index contributed by atoms with van der Waals surface area (Å²) in [7, 11) is 0.